The van der Waals surface area contributed by atoms with E-state index in [9.17, 15) is 14.4 Å². The van der Waals surface area contributed by atoms with E-state index in [0.717, 1.165) is 18.4 Å². The van der Waals surface area contributed by atoms with E-state index in [-0.39, 0.29) is 35.9 Å². The van der Waals surface area contributed by atoms with E-state index < -0.39 is 0 Å². The Morgan fingerprint density at radius 3 is 2.32 bits per heavy atom. The van der Waals surface area contributed by atoms with Gasteiger partial charge in [0, 0.05) is 11.7 Å². The van der Waals surface area contributed by atoms with Crippen molar-refractivity contribution in [2.24, 2.45) is 0 Å². The van der Waals surface area contributed by atoms with Gasteiger partial charge in [0.05, 0.1) is 17.7 Å². The summed E-state index contributed by atoms with van der Waals surface area (Å²) in [6.07, 6.45) is 2.13. The zero-order chi connectivity index (χ0) is 21.8. The average molecular weight is 482 g/mol. The van der Waals surface area contributed by atoms with Gasteiger partial charge in [-0.3, -0.25) is 14.4 Å². The van der Waals surface area contributed by atoms with Crippen LogP contribution < -0.4 is 16.0 Å². The molecule has 0 radical (unpaired) electrons. The monoisotopic (exact) mass is 481 g/mol. The Kier molecular flexibility index (Phi) is 6.18. The van der Waals surface area contributed by atoms with Crippen LogP contribution in [0.15, 0.2) is 69.8 Å². The molecule has 1 saturated carbocycles. The van der Waals surface area contributed by atoms with E-state index in [1.165, 1.54) is 0 Å². The van der Waals surface area contributed by atoms with Crippen molar-refractivity contribution < 1.29 is 18.8 Å². The predicted octanol–water partition coefficient (Wildman–Crippen LogP) is 4.37. The first-order valence-corrected chi connectivity index (χ1v) is 10.6. The number of nitrogens with one attached hydrogen (secondary N) is 3. The third-order valence-electron chi connectivity index (χ3n) is 4.73. The number of carbonyl (C=O) groups is 3. The van der Waals surface area contributed by atoms with Gasteiger partial charge in [-0.05, 0) is 70.7 Å². The topological polar surface area (TPSA) is 100 Å². The summed E-state index contributed by atoms with van der Waals surface area (Å²) < 4.78 is 5.70. The lowest BCUT2D eigenvalue weighted by atomic mass is 10.1. The minimum atomic E-state index is -0.364. The van der Waals surface area contributed by atoms with Crippen molar-refractivity contribution in [1.29, 1.82) is 0 Å². The van der Waals surface area contributed by atoms with Crippen LogP contribution in [0.25, 0.3) is 0 Å². The minimum Gasteiger partial charge on any atom is -0.444 e. The highest BCUT2D eigenvalue weighted by Gasteiger charge is 2.25. The molecule has 1 aliphatic carbocycles. The summed E-state index contributed by atoms with van der Waals surface area (Å²) in [5.41, 5.74) is 2.30. The molecule has 2 aromatic carbocycles. The number of amides is 3. The summed E-state index contributed by atoms with van der Waals surface area (Å²) >= 11 is 3.16. The first kappa shape index (κ1) is 20.9. The van der Waals surface area contributed by atoms with Gasteiger partial charge in [0.2, 0.25) is 5.91 Å². The van der Waals surface area contributed by atoms with Gasteiger partial charge in [0.25, 0.3) is 11.8 Å². The SMILES string of the molecule is O=C(Cc1ccc(NC(=O)c2ccc(Br)o2)cc1)Nc1ccccc1C(=O)NC1CC1. The Bertz CT molecular complexity index is 1120. The number of halogens is 1. The molecule has 0 bridgehead atoms. The highest BCUT2D eigenvalue weighted by molar-refractivity contribution is 9.10. The molecule has 158 valence electrons. The molecule has 0 unspecified atom stereocenters. The highest BCUT2D eigenvalue weighted by atomic mass is 79.9. The molecule has 8 heteroatoms. The first-order valence-electron chi connectivity index (χ1n) is 9.83. The molecule has 3 aromatic rings. The molecule has 3 amide bonds. The maximum Gasteiger partial charge on any atom is 0.291 e. The second-order valence-corrected chi connectivity index (χ2v) is 8.05. The van der Waals surface area contributed by atoms with E-state index in [2.05, 4.69) is 31.9 Å². The van der Waals surface area contributed by atoms with Gasteiger partial charge < -0.3 is 20.4 Å². The largest absolute Gasteiger partial charge is 0.444 e. The molecule has 7 nitrogen and oxygen atoms in total. The van der Waals surface area contributed by atoms with Gasteiger partial charge in [-0.1, -0.05) is 24.3 Å². The predicted molar refractivity (Wildman–Crippen MR) is 120 cm³/mol. The van der Waals surface area contributed by atoms with E-state index in [0.29, 0.717) is 21.6 Å². The van der Waals surface area contributed by atoms with Gasteiger partial charge >= 0.3 is 0 Å². The molecular weight excluding hydrogens is 462 g/mol. The molecule has 31 heavy (non-hydrogen) atoms. The zero-order valence-electron chi connectivity index (χ0n) is 16.5. The van der Waals surface area contributed by atoms with Crippen LogP contribution in [0.1, 0.15) is 39.3 Å². The van der Waals surface area contributed by atoms with Gasteiger partial charge in [-0.2, -0.15) is 0 Å². The highest BCUT2D eigenvalue weighted by Crippen LogP contribution is 2.22. The number of hydrogen-bond acceptors (Lipinski definition) is 4. The zero-order valence-corrected chi connectivity index (χ0v) is 18.1. The molecule has 4 rings (SSSR count). The van der Waals surface area contributed by atoms with Crippen molar-refractivity contribution in [2.45, 2.75) is 25.3 Å². The second-order valence-electron chi connectivity index (χ2n) is 7.27. The Labute approximate surface area is 187 Å². The number of carbonyl (C=O) groups excluding carboxylic acids is 3. The maximum atomic E-state index is 12.5. The Balaban J connectivity index is 1.35. The Morgan fingerprint density at radius 2 is 1.65 bits per heavy atom. The summed E-state index contributed by atoms with van der Waals surface area (Å²) in [7, 11) is 0. The quantitative estimate of drug-likeness (QED) is 0.466. The van der Waals surface area contributed by atoms with E-state index >= 15 is 0 Å². The van der Waals surface area contributed by atoms with Crippen molar-refractivity contribution in [3.05, 3.63) is 82.2 Å². The van der Waals surface area contributed by atoms with Crippen molar-refractivity contribution >= 4 is 45.0 Å². The van der Waals surface area contributed by atoms with Crippen LogP contribution >= 0.6 is 15.9 Å². The van der Waals surface area contributed by atoms with Crippen LogP contribution in [0.2, 0.25) is 0 Å². The van der Waals surface area contributed by atoms with E-state index in [4.69, 9.17) is 4.42 Å². The molecule has 1 aliphatic rings. The molecule has 3 N–H and O–H groups in total. The van der Waals surface area contributed by atoms with Crippen LogP contribution in [-0.4, -0.2) is 23.8 Å². The summed E-state index contributed by atoms with van der Waals surface area (Å²) in [4.78, 5) is 37.0. The number of rotatable bonds is 7. The van der Waals surface area contributed by atoms with Crippen molar-refractivity contribution in [3.63, 3.8) is 0 Å². The summed E-state index contributed by atoms with van der Waals surface area (Å²) in [6, 6.07) is 17.4. The molecule has 0 aliphatic heterocycles. The fraction of sp³-hybridized carbons (Fsp3) is 0.174. The first-order chi connectivity index (χ1) is 15.0. The van der Waals surface area contributed by atoms with E-state index in [1.807, 2.05) is 0 Å². The number of para-hydroxylation sites is 1. The minimum absolute atomic E-state index is 0.137. The molecule has 0 atom stereocenters. The maximum absolute atomic E-state index is 12.5. The van der Waals surface area contributed by atoms with Crippen LogP contribution in [-0.2, 0) is 11.2 Å². The van der Waals surface area contributed by atoms with Gasteiger partial charge in [-0.15, -0.1) is 0 Å². The van der Waals surface area contributed by atoms with Gasteiger partial charge in [0.1, 0.15) is 0 Å². The van der Waals surface area contributed by atoms with Crippen LogP contribution in [0.3, 0.4) is 0 Å². The normalized spacial score (nSPS) is 12.8. The molecule has 1 fully saturated rings. The third kappa shape index (κ3) is 5.61. The lowest BCUT2D eigenvalue weighted by Crippen LogP contribution is -2.27. The van der Waals surface area contributed by atoms with Gasteiger partial charge in [-0.25, -0.2) is 0 Å². The number of benzene rings is 2. The molecule has 0 spiro atoms. The van der Waals surface area contributed by atoms with Crippen molar-refractivity contribution in [3.8, 4) is 0 Å². The molecule has 1 aromatic heterocycles. The van der Waals surface area contributed by atoms with Gasteiger partial charge in [0.15, 0.2) is 10.4 Å². The molecule has 0 saturated heterocycles. The Morgan fingerprint density at radius 1 is 0.903 bits per heavy atom. The van der Waals surface area contributed by atoms with Crippen LogP contribution in [0.4, 0.5) is 11.4 Å². The van der Waals surface area contributed by atoms with Crippen LogP contribution in [0, 0.1) is 0 Å². The Hall–Kier alpha value is -3.39. The fourth-order valence-corrected chi connectivity index (χ4v) is 3.30. The smallest absolute Gasteiger partial charge is 0.291 e. The lowest BCUT2D eigenvalue weighted by molar-refractivity contribution is -0.115. The number of furan rings is 1. The standard InChI is InChI=1S/C23H20BrN3O4/c24-20-12-11-19(31-20)23(30)26-15-7-5-14(6-8-15)13-21(28)27-18-4-2-1-3-17(18)22(29)25-16-9-10-16/h1-8,11-12,16H,9-10,13H2,(H,25,29)(H,26,30)(H,27,28). The average Bonchev–Trinajstić information content (AvgIpc) is 3.46. The van der Waals surface area contributed by atoms with Crippen LogP contribution in [0.5, 0.6) is 0 Å². The summed E-state index contributed by atoms with van der Waals surface area (Å²) in [5.74, 6) is -0.581. The van der Waals surface area contributed by atoms with E-state index in [1.54, 1.807) is 60.7 Å². The van der Waals surface area contributed by atoms with Crippen molar-refractivity contribution in [2.75, 3.05) is 10.6 Å². The van der Waals surface area contributed by atoms with Crippen molar-refractivity contribution in [1.82, 2.24) is 5.32 Å². The lowest BCUT2D eigenvalue weighted by Gasteiger charge is -2.11. The molecular formula is C23H20BrN3O4. The third-order valence-corrected chi connectivity index (χ3v) is 5.16. The molecule has 1 heterocycles. The number of hydrogen-bond donors (Lipinski definition) is 3. The summed E-state index contributed by atoms with van der Waals surface area (Å²) in [5, 5.41) is 8.49. The second kappa shape index (κ2) is 9.18. The number of anilines is 2. The fourth-order valence-electron chi connectivity index (χ4n) is 3.00. The summed E-state index contributed by atoms with van der Waals surface area (Å²) in [6.45, 7) is 0.